The van der Waals surface area contributed by atoms with Crippen molar-refractivity contribution in [2.75, 3.05) is 38.7 Å². The van der Waals surface area contributed by atoms with E-state index in [1.807, 2.05) is 6.07 Å². The summed E-state index contributed by atoms with van der Waals surface area (Å²) in [5, 5.41) is 3.26. The van der Waals surface area contributed by atoms with Gasteiger partial charge in [0.15, 0.2) is 0 Å². The van der Waals surface area contributed by atoms with E-state index < -0.39 is 0 Å². The molecule has 0 unspecified atom stereocenters. The average molecular weight is 461 g/mol. The average Bonchev–Trinajstić information content (AvgIpc) is 3.38. The number of anilines is 1. The molecule has 10 heteroatoms. The van der Waals surface area contributed by atoms with Crippen LogP contribution in [0.4, 0.5) is 5.82 Å². The third-order valence-electron chi connectivity index (χ3n) is 5.17. The summed E-state index contributed by atoms with van der Waals surface area (Å²) >= 11 is 6.58. The summed E-state index contributed by atoms with van der Waals surface area (Å²) in [4.78, 5) is 32.7. The van der Waals surface area contributed by atoms with Crippen LogP contribution >= 0.6 is 24.0 Å². The van der Waals surface area contributed by atoms with Crippen molar-refractivity contribution in [1.29, 1.82) is 0 Å². The van der Waals surface area contributed by atoms with Crippen LogP contribution in [-0.4, -0.2) is 64.0 Å². The molecule has 2 aliphatic rings. The molecule has 1 N–H and O–H groups in total. The second kappa shape index (κ2) is 9.90. The number of carbonyl (C=O) groups is 1. The van der Waals surface area contributed by atoms with Crippen molar-refractivity contribution in [2.24, 2.45) is 0 Å². The lowest BCUT2D eigenvalue weighted by atomic mass is 10.2. The second-order valence-corrected chi connectivity index (χ2v) is 8.98. The predicted octanol–water partition coefficient (Wildman–Crippen LogP) is 2.52. The van der Waals surface area contributed by atoms with Crippen molar-refractivity contribution in [1.82, 2.24) is 14.3 Å². The second-order valence-electron chi connectivity index (χ2n) is 7.30. The van der Waals surface area contributed by atoms with Crippen LogP contribution < -0.4 is 10.9 Å². The summed E-state index contributed by atoms with van der Waals surface area (Å²) in [6.07, 6.45) is 6.03. The molecule has 4 rings (SSSR count). The fourth-order valence-corrected chi connectivity index (χ4v) is 4.86. The molecule has 0 saturated carbocycles. The summed E-state index contributed by atoms with van der Waals surface area (Å²) in [6, 6.07) is 5.38. The van der Waals surface area contributed by atoms with Gasteiger partial charge in [0.25, 0.3) is 11.5 Å². The van der Waals surface area contributed by atoms with E-state index in [4.69, 9.17) is 21.7 Å². The van der Waals surface area contributed by atoms with Crippen molar-refractivity contribution < 1.29 is 14.3 Å². The van der Waals surface area contributed by atoms with E-state index in [0.717, 1.165) is 19.4 Å². The van der Waals surface area contributed by atoms with E-state index in [2.05, 4.69) is 10.3 Å². The summed E-state index contributed by atoms with van der Waals surface area (Å²) in [5.41, 5.74) is 0.621. The number of rotatable bonds is 8. The van der Waals surface area contributed by atoms with Crippen molar-refractivity contribution in [3.63, 3.8) is 0 Å². The maximum absolute atomic E-state index is 13.2. The molecule has 0 spiro atoms. The van der Waals surface area contributed by atoms with Gasteiger partial charge in [-0.05, 0) is 37.5 Å². The van der Waals surface area contributed by atoms with E-state index in [1.54, 1.807) is 36.4 Å². The number of hydrogen-bond donors (Lipinski definition) is 1. The molecule has 2 aromatic rings. The molecular formula is C21H24N4O4S2. The topological polar surface area (TPSA) is 85.2 Å². The van der Waals surface area contributed by atoms with Crippen molar-refractivity contribution in [2.45, 2.75) is 25.4 Å². The van der Waals surface area contributed by atoms with Crippen molar-refractivity contribution >= 4 is 51.7 Å². The highest BCUT2D eigenvalue weighted by molar-refractivity contribution is 8.26. The van der Waals surface area contributed by atoms with E-state index in [0.29, 0.717) is 52.4 Å². The van der Waals surface area contributed by atoms with Crippen LogP contribution in [0.3, 0.4) is 0 Å². The molecular weight excluding hydrogens is 436 g/mol. The smallest absolute Gasteiger partial charge is 0.267 e. The Morgan fingerprint density at radius 3 is 3.06 bits per heavy atom. The van der Waals surface area contributed by atoms with E-state index in [9.17, 15) is 9.59 Å². The van der Waals surface area contributed by atoms with Crippen LogP contribution in [0.5, 0.6) is 0 Å². The lowest BCUT2D eigenvalue weighted by Crippen LogP contribution is -2.29. The van der Waals surface area contributed by atoms with Crippen LogP contribution in [-0.2, 0) is 14.3 Å². The number of ether oxygens (including phenoxy) is 2. The van der Waals surface area contributed by atoms with Gasteiger partial charge in [0.1, 0.15) is 15.8 Å². The van der Waals surface area contributed by atoms with Gasteiger partial charge >= 0.3 is 0 Å². The first kappa shape index (κ1) is 21.9. The van der Waals surface area contributed by atoms with E-state index >= 15 is 0 Å². The Balaban J connectivity index is 1.67. The molecule has 1 amide bonds. The molecule has 4 heterocycles. The molecule has 31 heavy (non-hydrogen) atoms. The SMILES string of the molecule is COCCCN1C(=O)/C(=C/c2c(NC[C@@H]3CCCO3)nc3ccccn3c2=O)SC1=S. The van der Waals surface area contributed by atoms with Gasteiger partial charge in [-0.15, -0.1) is 0 Å². The Kier molecular flexibility index (Phi) is 7.01. The van der Waals surface area contributed by atoms with Crippen LogP contribution in [0.15, 0.2) is 34.1 Å². The highest BCUT2D eigenvalue weighted by Crippen LogP contribution is 2.33. The lowest BCUT2D eigenvalue weighted by molar-refractivity contribution is -0.122. The Bertz CT molecular complexity index is 1080. The first-order chi connectivity index (χ1) is 15.1. The number of hydrogen-bond acceptors (Lipinski definition) is 8. The largest absolute Gasteiger partial charge is 0.385 e. The minimum Gasteiger partial charge on any atom is -0.385 e. The van der Waals surface area contributed by atoms with Crippen LogP contribution in [0.2, 0.25) is 0 Å². The minimum absolute atomic E-state index is 0.0860. The molecule has 0 aliphatic carbocycles. The number of thioether (sulfide) groups is 1. The number of fused-ring (bicyclic) bond motifs is 1. The Morgan fingerprint density at radius 2 is 2.29 bits per heavy atom. The highest BCUT2D eigenvalue weighted by atomic mass is 32.2. The Hall–Kier alpha value is -2.27. The fraction of sp³-hybridized carbons (Fsp3) is 0.429. The standard InChI is InChI=1S/C21H24N4O4S2/c1-28-10-5-9-25-20(27)16(31-21(25)30)12-15-18(22-13-14-6-4-11-29-14)23-17-7-2-3-8-24(17)19(15)26/h2-3,7-8,12,14,22H,4-6,9-11,13H2,1H3/b16-12-/t14-/m0/s1. The Morgan fingerprint density at radius 1 is 1.42 bits per heavy atom. The predicted molar refractivity (Wildman–Crippen MR) is 125 cm³/mol. The number of thiocarbonyl (C=S) groups is 1. The first-order valence-electron chi connectivity index (χ1n) is 10.2. The number of amides is 1. The maximum Gasteiger partial charge on any atom is 0.267 e. The molecule has 2 fully saturated rings. The molecule has 0 radical (unpaired) electrons. The normalized spacial score (nSPS) is 20.4. The van der Waals surface area contributed by atoms with Gasteiger partial charge < -0.3 is 14.8 Å². The quantitative estimate of drug-likeness (QED) is 0.366. The molecule has 2 aliphatic heterocycles. The minimum atomic E-state index is -0.245. The van der Waals surface area contributed by atoms with Gasteiger partial charge in [0.2, 0.25) is 0 Å². The zero-order valence-electron chi connectivity index (χ0n) is 17.2. The molecule has 2 aromatic heterocycles. The Labute approximate surface area is 189 Å². The summed E-state index contributed by atoms with van der Waals surface area (Å²) in [5.74, 6) is 0.241. The van der Waals surface area contributed by atoms with Gasteiger partial charge in [-0.3, -0.25) is 18.9 Å². The third kappa shape index (κ3) is 4.82. The molecule has 1 atom stereocenters. The van der Waals surface area contributed by atoms with Crippen molar-refractivity contribution in [3.8, 4) is 0 Å². The zero-order valence-corrected chi connectivity index (χ0v) is 18.8. The van der Waals surface area contributed by atoms with Crippen LogP contribution in [0, 0.1) is 0 Å². The summed E-state index contributed by atoms with van der Waals surface area (Å²) in [7, 11) is 1.62. The van der Waals surface area contributed by atoms with Gasteiger partial charge in [-0.2, -0.15) is 0 Å². The van der Waals surface area contributed by atoms with Crippen molar-refractivity contribution in [3.05, 3.63) is 45.2 Å². The molecule has 0 bridgehead atoms. The van der Waals surface area contributed by atoms with Gasteiger partial charge in [-0.1, -0.05) is 30.0 Å². The zero-order chi connectivity index (χ0) is 21.8. The molecule has 164 valence electrons. The monoisotopic (exact) mass is 460 g/mol. The number of carbonyl (C=O) groups excluding carboxylic acids is 1. The molecule has 0 aromatic carbocycles. The van der Waals surface area contributed by atoms with Crippen LogP contribution in [0.1, 0.15) is 24.8 Å². The highest BCUT2D eigenvalue weighted by Gasteiger charge is 2.32. The fourth-order valence-electron chi connectivity index (χ4n) is 3.57. The maximum atomic E-state index is 13.2. The summed E-state index contributed by atoms with van der Waals surface area (Å²) < 4.78 is 12.7. The number of pyridine rings is 1. The molecule has 8 nitrogen and oxygen atoms in total. The molecule has 2 saturated heterocycles. The van der Waals surface area contributed by atoms with E-state index in [-0.39, 0.29) is 17.6 Å². The van der Waals surface area contributed by atoms with Gasteiger partial charge in [0, 0.05) is 39.6 Å². The lowest BCUT2D eigenvalue weighted by Gasteiger charge is -2.14. The van der Waals surface area contributed by atoms with Gasteiger partial charge in [-0.25, -0.2) is 4.98 Å². The summed E-state index contributed by atoms with van der Waals surface area (Å²) in [6.45, 7) is 2.32. The number of nitrogens with zero attached hydrogens (tertiary/aromatic N) is 3. The number of aromatic nitrogens is 2. The third-order valence-corrected chi connectivity index (χ3v) is 6.55. The first-order valence-corrected chi connectivity index (χ1v) is 11.4. The number of methoxy groups -OCH3 is 1. The van der Waals surface area contributed by atoms with E-state index in [1.165, 1.54) is 16.2 Å². The van der Waals surface area contributed by atoms with Crippen LogP contribution in [0.25, 0.3) is 11.7 Å². The van der Waals surface area contributed by atoms with Gasteiger partial charge in [0.05, 0.1) is 16.6 Å². The number of nitrogens with one attached hydrogen (secondary N) is 1.